The molecule has 1 saturated heterocycles. The molecule has 0 radical (unpaired) electrons. The molecule has 2 aromatic heterocycles. The molecule has 150 valence electrons. The average Bonchev–Trinajstić information content (AvgIpc) is 3.38. The van der Waals surface area contributed by atoms with Gasteiger partial charge in [-0.1, -0.05) is 26.0 Å². The van der Waals surface area contributed by atoms with Crippen LogP contribution in [0.1, 0.15) is 32.4 Å². The third-order valence-corrected chi connectivity index (χ3v) is 5.10. The van der Waals surface area contributed by atoms with Crippen molar-refractivity contribution in [2.75, 3.05) is 16.8 Å². The van der Waals surface area contributed by atoms with Gasteiger partial charge in [-0.2, -0.15) is 4.98 Å². The van der Waals surface area contributed by atoms with E-state index >= 15 is 0 Å². The summed E-state index contributed by atoms with van der Waals surface area (Å²) in [5.41, 5.74) is 2.15. The molecule has 0 spiro atoms. The van der Waals surface area contributed by atoms with Crippen molar-refractivity contribution in [2.45, 2.75) is 32.9 Å². The Balaban J connectivity index is 1.50. The van der Waals surface area contributed by atoms with Gasteiger partial charge < -0.3 is 14.6 Å². The quantitative estimate of drug-likeness (QED) is 0.686. The van der Waals surface area contributed by atoms with E-state index in [-0.39, 0.29) is 24.1 Å². The lowest BCUT2D eigenvalue weighted by Gasteiger charge is -2.23. The number of nitrogens with zero attached hydrogens (tertiary/aromatic N) is 5. The average molecular weight is 392 g/mol. The van der Waals surface area contributed by atoms with Gasteiger partial charge in [-0.25, -0.2) is 14.8 Å². The Morgan fingerprint density at radius 3 is 2.62 bits per heavy atom. The molecule has 0 saturated carbocycles. The van der Waals surface area contributed by atoms with Crippen molar-refractivity contribution in [3.63, 3.8) is 0 Å². The monoisotopic (exact) mass is 392 g/mol. The van der Waals surface area contributed by atoms with Crippen LogP contribution in [-0.4, -0.2) is 38.3 Å². The second-order valence-corrected chi connectivity index (χ2v) is 7.42. The highest BCUT2D eigenvalue weighted by Crippen LogP contribution is 2.26. The third-order valence-electron chi connectivity index (χ3n) is 5.10. The third kappa shape index (κ3) is 3.91. The molecule has 1 fully saturated rings. The van der Waals surface area contributed by atoms with Crippen LogP contribution in [0, 0.1) is 5.92 Å². The molecule has 1 amide bonds. The van der Waals surface area contributed by atoms with Crippen LogP contribution >= 0.6 is 0 Å². The van der Waals surface area contributed by atoms with Crippen molar-refractivity contribution in [1.82, 2.24) is 19.5 Å². The summed E-state index contributed by atoms with van der Waals surface area (Å²) in [7, 11) is 0. The molecule has 2 atom stereocenters. The van der Waals surface area contributed by atoms with Crippen molar-refractivity contribution in [3.8, 4) is 5.69 Å². The van der Waals surface area contributed by atoms with Gasteiger partial charge in [0.1, 0.15) is 12.4 Å². The Kier molecular flexibility index (Phi) is 5.16. The Morgan fingerprint density at radius 2 is 1.93 bits per heavy atom. The van der Waals surface area contributed by atoms with E-state index in [1.165, 1.54) is 0 Å². The van der Waals surface area contributed by atoms with Gasteiger partial charge in [0.15, 0.2) is 0 Å². The van der Waals surface area contributed by atoms with E-state index < -0.39 is 0 Å². The van der Waals surface area contributed by atoms with Crippen LogP contribution in [0.2, 0.25) is 0 Å². The number of anilines is 2. The molecule has 4 rings (SSSR count). The number of hydrogen-bond donors (Lipinski definition) is 1. The highest BCUT2D eigenvalue weighted by Gasteiger charge is 2.37. The maximum Gasteiger partial charge on any atom is 0.415 e. The number of nitrogens with one attached hydrogen (secondary N) is 1. The summed E-state index contributed by atoms with van der Waals surface area (Å²) < 4.78 is 7.18. The Labute approximate surface area is 169 Å². The topological polar surface area (TPSA) is 85.2 Å². The van der Waals surface area contributed by atoms with Crippen LogP contribution < -0.4 is 10.2 Å². The van der Waals surface area contributed by atoms with Gasteiger partial charge in [0.05, 0.1) is 18.4 Å². The predicted octanol–water partition coefficient (Wildman–Crippen LogP) is 3.82. The Bertz CT molecular complexity index is 971. The molecule has 8 heteroatoms. The Morgan fingerprint density at radius 1 is 1.14 bits per heavy atom. The standard InChI is InChI=1S/C21H24N6O2/c1-14(2)18-12-29-21(28)27(18)19-8-9-23-20(25-19)24-15(3)16-4-6-17(7-5-16)26-11-10-22-13-26/h4-11,13-15,18H,12H2,1-3H3,(H,23,24,25)/t15-,18?/m1/s1. The zero-order chi connectivity index (χ0) is 20.4. The number of hydrogen-bond acceptors (Lipinski definition) is 6. The minimum absolute atomic E-state index is 0.00601. The van der Waals surface area contributed by atoms with Crippen LogP contribution in [0.3, 0.4) is 0 Å². The fourth-order valence-electron chi connectivity index (χ4n) is 3.37. The molecular weight excluding hydrogens is 368 g/mol. The molecular formula is C21H24N6O2. The van der Waals surface area contributed by atoms with Crippen LogP contribution in [-0.2, 0) is 4.74 Å². The summed E-state index contributed by atoms with van der Waals surface area (Å²) in [4.78, 5) is 26.7. The number of carbonyl (C=O) groups excluding carboxylic acids is 1. The molecule has 1 aromatic carbocycles. The molecule has 0 bridgehead atoms. The molecule has 3 heterocycles. The van der Waals surface area contributed by atoms with Crippen molar-refractivity contribution in [2.24, 2.45) is 5.92 Å². The van der Waals surface area contributed by atoms with E-state index in [9.17, 15) is 4.79 Å². The zero-order valence-corrected chi connectivity index (χ0v) is 16.7. The van der Waals surface area contributed by atoms with Gasteiger partial charge in [-0.3, -0.25) is 4.90 Å². The van der Waals surface area contributed by atoms with E-state index in [2.05, 4.69) is 46.2 Å². The van der Waals surface area contributed by atoms with Crippen LogP contribution in [0.25, 0.3) is 5.69 Å². The largest absolute Gasteiger partial charge is 0.447 e. The number of rotatable bonds is 6. The maximum absolute atomic E-state index is 12.2. The fourth-order valence-corrected chi connectivity index (χ4v) is 3.37. The summed E-state index contributed by atoms with van der Waals surface area (Å²) in [6.07, 6.45) is 6.72. The lowest BCUT2D eigenvalue weighted by Crippen LogP contribution is -2.37. The number of amides is 1. The van der Waals surface area contributed by atoms with Gasteiger partial charge in [0, 0.05) is 24.3 Å². The summed E-state index contributed by atoms with van der Waals surface area (Å²) in [5, 5.41) is 3.32. The smallest absolute Gasteiger partial charge is 0.415 e. The molecule has 3 aromatic rings. The van der Waals surface area contributed by atoms with Crippen LogP contribution in [0.5, 0.6) is 0 Å². The first-order valence-corrected chi connectivity index (χ1v) is 9.67. The van der Waals surface area contributed by atoms with Crippen LogP contribution in [0.15, 0.2) is 55.2 Å². The second-order valence-electron chi connectivity index (χ2n) is 7.42. The summed E-state index contributed by atoms with van der Waals surface area (Å²) in [6.45, 7) is 6.55. The number of benzene rings is 1. The van der Waals surface area contributed by atoms with E-state index in [1.54, 1.807) is 29.7 Å². The van der Waals surface area contributed by atoms with Gasteiger partial charge in [-0.05, 0) is 36.6 Å². The lowest BCUT2D eigenvalue weighted by atomic mass is 10.0. The van der Waals surface area contributed by atoms with Crippen molar-refractivity contribution >= 4 is 17.9 Å². The highest BCUT2D eigenvalue weighted by atomic mass is 16.6. The number of cyclic esters (lactones) is 1. The molecule has 1 aliphatic heterocycles. The van der Waals surface area contributed by atoms with E-state index in [0.717, 1.165) is 11.3 Å². The number of carbonyl (C=O) groups is 1. The van der Waals surface area contributed by atoms with Gasteiger partial charge in [0.25, 0.3) is 0 Å². The molecule has 1 unspecified atom stereocenters. The normalized spacial score (nSPS) is 17.4. The first-order valence-electron chi connectivity index (χ1n) is 9.67. The zero-order valence-electron chi connectivity index (χ0n) is 16.7. The molecule has 1 N–H and O–H groups in total. The molecule has 29 heavy (non-hydrogen) atoms. The Hall–Kier alpha value is -3.42. The minimum Gasteiger partial charge on any atom is -0.447 e. The molecule has 1 aliphatic rings. The van der Waals surface area contributed by atoms with E-state index in [4.69, 9.17) is 4.74 Å². The lowest BCUT2D eigenvalue weighted by molar-refractivity contribution is 0.177. The summed E-state index contributed by atoms with van der Waals surface area (Å²) in [6, 6.07) is 9.90. The van der Waals surface area contributed by atoms with E-state index in [1.807, 2.05) is 29.8 Å². The number of ether oxygens (including phenoxy) is 1. The predicted molar refractivity (Wildman–Crippen MR) is 110 cm³/mol. The summed E-state index contributed by atoms with van der Waals surface area (Å²) in [5.74, 6) is 1.28. The van der Waals surface area contributed by atoms with Gasteiger partial charge in [-0.15, -0.1) is 0 Å². The van der Waals surface area contributed by atoms with Crippen molar-refractivity contribution < 1.29 is 9.53 Å². The first-order chi connectivity index (χ1) is 14.0. The van der Waals surface area contributed by atoms with Gasteiger partial charge >= 0.3 is 6.09 Å². The van der Waals surface area contributed by atoms with Crippen molar-refractivity contribution in [3.05, 3.63) is 60.8 Å². The van der Waals surface area contributed by atoms with E-state index in [0.29, 0.717) is 18.4 Å². The number of aromatic nitrogens is 4. The summed E-state index contributed by atoms with van der Waals surface area (Å²) >= 11 is 0. The van der Waals surface area contributed by atoms with Crippen molar-refractivity contribution in [1.29, 1.82) is 0 Å². The maximum atomic E-state index is 12.2. The second kappa shape index (κ2) is 7.90. The highest BCUT2D eigenvalue weighted by molar-refractivity contribution is 5.89. The molecule has 8 nitrogen and oxygen atoms in total. The first kappa shape index (κ1) is 18.9. The molecule has 0 aliphatic carbocycles. The SMILES string of the molecule is CC(C)C1COC(=O)N1c1ccnc(N[C@H](C)c2ccc(-n3ccnc3)cc2)n1. The fraction of sp³-hybridized carbons (Fsp3) is 0.333. The van der Waals surface area contributed by atoms with Crippen LogP contribution in [0.4, 0.5) is 16.6 Å². The minimum atomic E-state index is -0.364. The van der Waals surface area contributed by atoms with Gasteiger partial charge in [0.2, 0.25) is 5.95 Å². The number of imidazole rings is 1.